The van der Waals surface area contributed by atoms with Gasteiger partial charge in [0.15, 0.2) is 5.60 Å². The molecule has 17 heavy (non-hydrogen) atoms. The molecule has 0 spiro atoms. The van der Waals surface area contributed by atoms with Crippen LogP contribution >= 0.6 is 0 Å². The molecule has 96 valence electrons. The molecule has 0 aliphatic rings. The van der Waals surface area contributed by atoms with Gasteiger partial charge in [0.2, 0.25) is 0 Å². The second-order valence-electron chi connectivity index (χ2n) is 4.54. The molecule has 5 heteroatoms. The molecular weight excluding hydrogens is 231 g/mol. The summed E-state index contributed by atoms with van der Waals surface area (Å²) >= 11 is 0. The zero-order valence-electron chi connectivity index (χ0n) is 9.75. The molecule has 3 N–H and O–H groups in total. The summed E-state index contributed by atoms with van der Waals surface area (Å²) in [7, 11) is 0. The number of aliphatic hydroxyl groups is 1. The molecule has 0 saturated carbocycles. The molecule has 0 aliphatic heterocycles. The lowest BCUT2D eigenvalue weighted by Gasteiger charge is -2.33. The predicted octanol–water partition coefficient (Wildman–Crippen LogP) is 3.06. The molecule has 0 saturated heterocycles. The molecule has 1 unspecified atom stereocenters. The van der Waals surface area contributed by atoms with Gasteiger partial charge in [0, 0.05) is 11.3 Å². The van der Waals surface area contributed by atoms with Gasteiger partial charge < -0.3 is 10.8 Å². The second kappa shape index (κ2) is 4.56. The summed E-state index contributed by atoms with van der Waals surface area (Å²) in [6, 6.07) is 5.53. The number of benzene rings is 1. The topological polar surface area (TPSA) is 46.2 Å². The SMILES string of the molecule is CC(C)CC(O)(c1ccccc1N)C(F)(F)F. The first-order chi connectivity index (χ1) is 7.68. The molecular formula is C12H16F3NO. The van der Waals surface area contributed by atoms with Gasteiger partial charge >= 0.3 is 6.18 Å². The van der Waals surface area contributed by atoms with E-state index in [0.29, 0.717) is 0 Å². The smallest absolute Gasteiger partial charge is 0.398 e. The van der Waals surface area contributed by atoms with E-state index in [1.807, 2.05) is 0 Å². The Bertz CT molecular complexity index is 390. The fraction of sp³-hybridized carbons (Fsp3) is 0.500. The minimum absolute atomic E-state index is 0.0482. The molecule has 0 bridgehead atoms. The van der Waals surface area contributed by atoms with Crippen LogP contribution in [0.5, 0.6) is 0 Å². The average Bonchev–Trinajstić information content (AvgIpc) is 2.15. The Labute approximate surface area is 98.3 Å². The zero-order valence-corrected chi connectivity index (χ0v) is 9.75. The molecule has 0 amide bonds. The third-order valence-electron chi connectivity index (χ3n) is 2.58. The Balaban J connectivity index is 3.30. The van der Waals surface area contributed by atoms with Gasteiger partial charge in [-0.3, -0.25) is 0 Å². The largest absolute Gasteiger partial charge is 0.421 e. The Morgan fingerprint density at radius 3 is 2.18 bits per heavy atom. The van der Waals surface area contributed by atoms with Crippen molar-refractivity contribution in [1.29, 1.82) is 0 Å². The number of halogens is 3. The number of nitrogens with two attached hydrogens (primary N) is 1. The van der Waals surface area contributed by atoms with Crippen molar-refractivity contribution < 1.29 is 18.3 Å². The van der Waals surface area contributed by atoms with Crippen LogP contribution in [0.2, 0.25) is 0 Å². The van der Waals surface area contributed by atoms with Crippen LogP contribution in [-0.2, 0) is 5.60 Å². The van der Waals surface area contributed by atoms with Gasteiger partial charge in [-0.05, 0) is 18.4 Å². The molecule has 0 aliphatic carbocycles. The second-order valence-corrected chi connectivity index (χ2v) is 4.54. The van der Waals surface area contributed by atoms with Gasteiger partial charge in [0.1, 0.15) is 0 Å². The van der Waals surface area contributed by atoms with Gasteiger partial charge in [-0.2, -0.15) is 13.2 Å². The average molecular weight is 247 g/mol. The standard InChI is InChI=1S/C12H16F3NO/c1-8(2)7-11(17,12(13,14)15)9-5-3-4-6-10(9)16/h3-6,8,17H,7,16H2,1-2H3. The summed E-state index contributed by atoms with van der Waals surface area (Å²) in [5.41, 5.74) is 2.31. The summed E-state index contributed by atoms with van der Waals surface area (Å²) in [5.74, 6) is -0.304. The number of hydrogen-bond donors (Lipinski definition) is 2. The fourth-order valence-corrected chi connectivity index (χ4v) is 1.84. The maximum atomic E-state index is 13.0. The van der Waals surface area contributed by atoms with E-state index in [4.69, 9.17) is 5.73 Å². The summed E-state index contributed by atoms with van der Waals surface area (Å²) in [5, 5.41) is 9.97. The van der Waals surface area contributed by atoms with Crippen LogP contribution in [0.1, 0.15) is 25.8 Å². The van der Waals surface area contributed by atoms with Crippen molar-refractivity contribution in [3.8, 4) is 0 Å². The van der Waals surface area contributed by atoms with Gasteiger partial charge in [0.25, 0.3) is 0 Å². The summed E-state index contributed by atoms with van der Waals surface area (Å²) in [6.45, 7) is 3.24. The van der Waals surface area contributed by atoms with Crippen molar-refractivity contribution in [2.45, 2.75) is 32.0 Å². The van der Waals surface area contributed by atoms with E-state index in [-0.39, 0.29) is 17.2 Å². The summed E-state index contributed by atoms with van der Waals surface area (Å²) < 4.78 is 39.1. The highest BCUT2D eigenvalue weighted by atomic mass is 19.4. The van der Waals surface area contributed by atoms with E-state index < -0.39 is 18.2 Å². The molecule has 0 radical (unpaired) electrons. The van der Waals surface area contributed by atoms with Crippen molar-refractivity contribution in [3.05, 3.63) is 29.8 Å². The summed E-state index contributed by atoms with van der Waals surface area (Å²) in [4.78, 5) is 0. The molecule has 0 fully saturated rings. The molecule has 2 nitrogen and oxygen atoms in total. The van der Waals surface area contributed by atoms with E-state index in [2.05, 4.69) is 0 Å². The van der Waals surface area contributed by atoms with Crippen LogP contribution < -0.4 is 5.73 Å². The van der Waals surface area contributed by atoms with Crippen LogP contribution in [0.3, 0.4) is 0 Å². The Morgan fingerprint density at radius 2 is 1.76 bits per heavy atom. The minimum atomic E-state index is -4.74. The van der Waals surface area contributed by atoms with E-state index in [0.717, 1.165) is 0 Å². The third kappa shape index (κ3) is 2.72. The third-order valence-corrected chi connectivity index (χ3v) is 2.58. The molecule has 0 aromatic heterocycles. The van der Waals surface area contributed by atoms with Gasteiger partial charge in [0.05, 0.1) is 0 Å². The van der Waals surface area contributed by atoms with Gasteiger partial charge in [-0.1, -0.05) is 32.0 Å². The maximum absolute atomic E-state index is 13.0. The number of anilines is 1. The van der Waals surface area contributed by atoms with Crippen molar-refractivity contribution in [3.63, 3.8) is 0 Å². The molecule has 1 aromatic carbocycles. The van der Waals surface area contributed by atoms with Crippen molar-refractivity contribution in [1.82, 2.24) is 0 Å². The highest BCUT2D eigenvalue weighted by Crippen LogP contribution is 2.45. The first kappa shape index (κ1) is 13.8. The lowest BCUT2D eigenvalue weighted by Crippen LogP contribution is -2.43. The van der Waals surface area contributed by atoms with E-state index >= 15 is 0 Å². The molecule has 1 atom stereocenters. The normalized spacial score (nSPS) is 15.9. The van der Waals surface area contributed by atoms with Crippen molar-refractivity contribution in [2.24, 2.45) is 5.92 Å². The molecule has 1 aromatic rings. The van der Waals surface area contributed by atoms with E-state index in [1.54, 1.807) is 13.8 Å². The zero-order chi connectivity index (χ0) is 13.3. The highest BCUT2D eigenvalue weighted by molar-refractivity contribution is 5.50. The van der Waals surface area contributed by atoms with Crippen molar-refractivity contribution >= 4 is 5.69 Å². The van der Waals surface area contributed by atoms with Crippen LogP contribution in [-0.4, -0.2) is 11.3 Å². The fourth-order valence-electron chi connectivity index (χ4n) is 1.84. The lowest BCUT2D eigenvalue weighted by atomic mass is 9.84. The van der Waals surface area contributed by atoms with Crippen LogP contribution in [0.15, 0.2) is 24.3 Å². The Morgan fingerprint density at radius 1 is 1.24 bits per heavy atom. The van der Waals surface area contributed by atoms with Crippen molar-refractivity contribution in [2.75, 3.05) is 5.73 Å². The van der Waals surface area contributed by atoms with Crippen LogP contribution in [0.4, 0.5) is 18.9 Å². The number of rotatable bonds is 3. The Kier molecular flexibility index (Phi) is 3.71. The minimum Gasteiger partial charge on any atom is -0.398 e. The maximum Gasteiger partial charge on any atom is 0.421 e. The molecule has 0 heterocycles. The lowest BCUT2D eigenvalue weighted by molar-refractivity contribution is -0.271. The summed E-state index contributed by atoms with van der Waals surface area (Å²) in [6.07, 6.45) is -5.16. The van der Waals surface area contributed by atoms with Crippen LogP contribution in [0, 0.1) is 5.92 Å². The highest BCUT2D eigenvalue weighted by Gasteiger charge is 2.55. The molecule has 1 rings (SSSR count). The number of para-hydroxylation sites is 1. The predicted molar refractivity (Wildman–Crippen MR) is 60.3 cm³/mol. The number of nitrogen functional groups attached to an aromatic ring is 1. The van der Waals surface area contributed by atoms with E-state index in [9.17, 15) is 18.3 Å². The first-order valence-corrected chi connectivity index (χ1v) is 5.32. The van der Waals surface area contributed by atoms with Crippen LogP contribution in [0.25, 0.3) is 0 Å². The monoisotopic (exact) mass is 247 g/mol. The number of hydrogen-bond acceptors (Lipinski definition) is 2. The van der Waals surface area contributed by atoms with E-state index in [1.165, 1.54) is 24.3 Å². The number of alkyl halides is 3. The first-order valence-electron chi connectivity index (χ1n) is 5.32. The Hall–Kier alpha value is -1.23. The van der Waals surface area contributed by atoms with Gasteiger partial charge in [-0.15, -0.1) is 0 Å². The quantitative estimate of drug-likeness (QED) is 0.806. The van der Waals surface area contributed by atoms with Gasteiger partial charge in [-0.25, -0.2) is 0 Å².